The number of anilines is 1. The Balaban J connectivity index is 1.76. The molecule has 150 valence electrons. The van der Waals surface area contributed by atoms with E-state index in [-0.39, 0.29) is 36.8 Å². The normalized spacial score (nSPS) is 21.0. The van der Waals surface area contributed by atoms with Crippen LogP contribution in [0.3, 0.4) is 0 Å². The van der Waals surface area contributed by atoms with Gasteiger partial charge >= 0.3 is 5.97 Å². The molecule has 1 fully saturated rings. The fourth-order valence-electron chi connectivity index (χ4n) is 3.77. The first kappa shape index (κ1) is 20.3. The third-order valence-corrected chi connectivity index (χ3v) is 6.55. The minimum atomic E-state index is -0.497. The number of esters is 1. The van der Waals surface area contributed by atoms with E-state index in [1.54, 1.807) is 6.92 Å². The lowest BCUT2D eigenvalue weighted by Gasteiger charge is -2.14. The summed E-state index contributed by atoms with van der Waals surface area (Å²) in [6.07, 6.45) is 5.59. The van der Waals surface area contributed by atoms with Crippen molar-refractivity contribution < 1.29 is 23.9 Å². The number of allylic oxidation sites excluding steroid dienone is 2. The average molecular weight is 404 g/mol. The molecule has 0 saturated carbocycles. The van der Waals surface area contributed by atoms with Gasteiger partial charge in [0.15, 0.2) is 0 Å². The minimum absolute atomic E-state index is 0.233. The molecule has 1 aromatic heterocycles. The number of likely N-dealkylation sites (tertiary alicyclic amines) is 1. The number of carbonyl (C=O) groups is 4. The summed E-state index contributed by atoms with van der Waals surface area (Å²) in [5.74, 6) is -2.31. The lowest BCUT2D eigenvalue weighted by Crippen LogP contribution is -2.38. The molecular formula is C20H24N2O5S. The van der Waals surface area contributed by atoms with Crippen LogP contribution in [0.25, 0.3) is 0 Å². The number of ether oxygens (including phenoxy) is 1. The maximum Gasteiger partial charge on any atom is 0.341 e. The molecule has 1 aliphatic heterocycles. The Morgan fingerprint density at radius 2 is 1.79 bits per heavy atom. The average Bonchev–Trinajstić information content (AvgIpc) is 3.11. The Hall–Kier alpha value is -2.48. The standard InChI is InChI=1S/C20H24N2O5S/c1-4-14-11(3)16(20(26)27-5-2)17(28-14)21-15(23)10-22-18(24)12-8-6-7-9-13(12)19(22)25/h6-7,12-13H,4-5,8-10H2,1-3H3,(H,21,23)/t12-,13-/m0/s1. The Kier molecular flexibility index (Phi) is 5.98. The summed E-state index contributed by atoms with van der Waals surface area (Å²) in [5, 5.41) is 3.11. The van der Waals surface area contributed by atoms with Crippen LogP contribution in [-0.2, 0) is 25.5 Å². The van der Waals surface area contributed by atoms with Crippen LogP contribution in [0.2, 0.25) is 0 Å². The highest BCUT2D eigenvalue weighted by atomic mass is 32.1. The number of aryl methyl sites for hydroxylation is 1. The van der Waals surface area contributed by atoms with Gasteiger partial charge in [-0.2, -0.15) is 0 Å². The maximum absolute atomic E-state index is 12.6. The van der Waals surface area contributed by atoms with Gasteiger partial charge in [0.1, 0.15) is 11.5 Å². The molecule has 1 saturated heterocycles. The molecule has 2 aliphatic rings. The summed E-state index contributed by atoms with van der Waals surface area (Å²) in [6, 6.07) is 0. The summed E-state index contributed by atoms with van der Waals surface area (Å²) >= 11 is 1.32. The second-order valence-corrected chi connectivity index (χ2v) is 8.00. The second kappa shape index (κ2) is 8.26. The van der Waals surface area contributed by atoms with E-state index >= 15 is 0 Å². The number of hydrogen-bond donors (Lipinski definition) is 1. The van der Waals surface area contributed by atoms with Crippen molar-refractivity contribution in [3.8, 4) is 0 Å². The van der Waals surface area contributed by atoms with Gasteiger partial charge in [0.05, 0.1) is 24.0 Å². The van der Waals surface area contributed by atoms with Gasteiger partial charge in [-0.25, -0.2) is 4.79 Å². The molecule has 0 spiro atoms. The number of carbonyl (C=O) groups excluding carboxylic acids is 4. The monoisotopic (exact) mass is 404 g/mol. The molecule has 1 aromatic rings. The van der Waals surface area contributed by atoms with Crippen molar-refractivity contribution in [1.82, 2.24) is 4.90 Å². The highest BCUT2D eigenvalue weighted by Gasteiger charge is 2.47. The van der Waals surface area contributed by atoms with Crippen LogP contribution in [0.4, 0.5) is 5.00 Å². The smallest absolute Gasteiger partial charge is 0.341 e. The molecule has 0 aromatic carbocycles. The number of imide groups is 1. The van der Waals surface area contributed by atoms with E-state index in [1.165, 1.54) is 11.3 Å². The minimum Gasteiger partial charge on any atom is -0.462 e. The first-order valence-corrected chi connectivity index (χ1v) is 10.3. The van der Waals surface area contributed by atoms with Crippen LogP contribution >= 0.6 is 11.3 Å². The molecule has 3 amide bonds. The molecule has 1 N–H and O–H groups in total. The zero-order valence-electron chi connectivity index (χ0n) is 16.2. The van der Waals surface area contributed by atoms with Gasteiger partial charge in [-0.15, -0.1) is 11.3 Å². The number of amides is 3. The van der Waals surface area contributed by atoms with Crippen LogP contribution < -0.4 is 5.32 Å². The fourth-order valence-corrected chi connectivity index (χ4v) is 4.92. The Morgan fingerprint density at radius 3 is 2.32 bits per heavy atom. The van der Waals surface area contributed by atoms with Crippen molar-refractivity contribution in [3.05, 3.63) is 28.2 Å². The lowest BCUT2D eigenvalue weighted by molar-refractivity contribution is -0.142. The molecule has 0 bridgehead atoms. The highest BCUT2D eigenvalue weighted by Crippen LogP contribution is 2.36. The third-order valence-electron chi connectivity index (χ3n) is 5.20. The second-order valence-electron chi connectivity index (χ2n) is 6.89. The van der Waals surface area contributed by atoms with Crippen LogP contribution in [0.1, 0.15) is 47.5 Å². The van der Waals surface area contributed by atoms with Crippen molar-refractivity contribution >= 4 is 40.0 Å². The number of thiophene rings is 1. The van der Waals surface area contributed by atoms with Gasteiger partial charge in [0.2, 0.25) is 17.7 Å². The van der Waals surface area contributed by atoms with E-state index in [9.17, 15) is 19.2 Å². The summed E-state index contributed by atoms with van der Waals surface area (Å²) in [5.41, 5.74) is 1.13. The predicted octanol–water partition coefficient (Wildman–Crippen LogP) is 2.69. The fraction of sp³-hybridized carbons (Fsp3) is 0.500. The third kappa shape index (κ3) is 3.61. The van der Waals surface area contributed by atoms with Crippen LogP contribution in [0.15, 0.2) is 12.2 Å². The van der Waals surface area contributed by atoms with Gasteiger partial charge in [0.25, 0.3) is 0 Å². The lowest BCUT2D eigenvalue weighted by atomic mass is 9.85. The van der Waals surface area contributed by atoms with Crippen molar-refractivity contribution in [2.75, 3.05) is 18.5 Å². The van der Waals surface area contributed by atoms with Gasteiger partial charge < -0.3 is 10.1 Å². The Morgan fingerprint density at radius 1 is 1.18 bits per heavy atom. The number of nitrogens with zero attached hydrogens (tertiary/aromatic N) is 1. The molecule has 7 nitrogen and oxygen atoms in total. The predicted molar refractivity (Wildman–Crippen MR) is 105 cm³/mol. The zero-order chi connectivity index (χ0) is 20.4. The SMILES string of the molecule is CCOC(=O)c1c(NC(=O)CN2C(=O)[C@H]3CC=CC[C@@H]3C2=O)sc(CC)c1C. The number of fused-ring (bicyclic) bond motifs is 1. The quantitative estimate of drug-likeness (QED) is 0.447. The van der Waals surface area contributed by atoms with Gasteiger partial charge in [0, 0.05) is 4.88 Å². The molecule has 0 unspecified atom stereocenters. The first-order chi connectivity index (χ1) is 13.4. The van der Waals surface area contributed by atoms with Crippen LogP contribution in [-0.4, -0.2) is 41.7 Å². The van der Waals surface area contributed by atoms with Crippen molar-refractivity contribution in [3.63, 3.8) is 0 Å². The molecule has 3 rings (SSSR count). The van der Waals surface area contributed by atoms with Gasteiger partial charge in [-0.1, -0.05) is 19.1 Å². The van der Waals surface area contributed by atoms with Gasteiger partial charge in [-0.3, -0.25) is 19.3 Å². The van der Waals surface area contributed by atoms with Crippen molar-refractivity contribution in [1.29, 1.82) is 0 Å². The van der Waals surface area contributed by atoms with Crippen LogP contribution in [0, 0.1) is 18.8 Å². The van der Waals surface area contributed by atoms with Crippen molar-refractivity contribution in [2.45, 2.75) is 40.0 Å². The molecule has 1 aliphatic carbocycles. The number of rotatable bonds is 6. The van der Waals surface area contributed by atoms with E-state index in [2.05, 4.69) is 5.32 Å². The van der Waals surface area contributed by atoms with Gasteiger partial charge in [-0.05, 0) is 38.7 Å². The Bertz CT molecular complexity index is 831. The molecule has 2 atom stereocenters. The summed E-state index contributed by atoms with van der Waals surface area (Å²) in [6.45, 7) is 5.40. The number of nitrogens with one attached hydrogen (secondary N) is 1. The molecular weight excluding hydrogens is 380 g/mol. The maximum atomic E-state index is 12.6. The first-order valence-electron chi connectivity index (χ1n) is 9.48. The van der Waals surface area contributed by atoms with E-state index in [0.29, 0.717) is 23.4 Å². The Labute approximate surface area is 167 Å². The van der Waals surface area contributed by atoms with E-state index in [0.717, 1.165) is 21.8 Å². The summed E-state index contributed by atoms with van der Waals surface area (Å²) in [4.78, 5) is 52.0. The van der Waals surface area contributed by atoms with E-state index < -0.39 is 11.9 Å². The highest BCUT2D eigenvalue weighted by molar-refractivity contribution is 7.17. The van der Waals surface area contributed by atoms with E-state index in [4.69, 9.17) is 4.74 Å². The summed E-state index contributed by atoms with van der Waals surface area (Å²) < 4.78 is 5.11. The zero-order valence-corrected chi connectivity index (χ0v) is 17.1. The summed E-state index contributed by atoms with van der Waals surface area (Å²) in [7, 11) is 0. The van der Waals surface area contributed by atoms with E-state index in [1.807, 2.05) is 26.0 Å². The topological polar surface area (TPSA) is 92.8 Å². The number of hydrogen-bond acceptors (Lipinski definition) is 6. The molecule has 2 heterocycles. The molecule has 8 heteroatoms. The molecule has 28 heavy (non-hydrogen) atoms. The van der Waals surface area contributed by atoms with Crippen LogP contribution in [0.5, 0.6) is 0 Å². The molecule has 0 radical (unpaired) electrons. The van der Waals surface area contributed by atoms with Crippen molar-refractivity contribution in [2.24, 2.45) is 11.8 Å². The largest absolute Gasteiger partial charge is 0.462 e.